The third-order valence-electron chi connectivity index (χ3n) is 4.18. The summed E-state index contributed by atoms with van der Waals surface area (Å²) in [4.78, 5) is 15.3. The number of para-hydroxylation sites is 1. The number of nitrogens with one attached hydrogen (secondary N) is 2. The number of carbonyl (C=O) groups is 1. The lowest BCUT2D eigenvalue weighted by atomic mass is 10.1. The summed E-state index contributed by atoms with van der Waals surface area (Å²) < 4.78 is 5.48. The highest BCUT2D eigenvalue weighted by molar-refractivity contribution is 5.91. The monoisotopic (exact) mass is 318 g/mol. The van der Waals surface area contributed by atoms with Gasteiger partial charge in [-0.25, -0.2) is 0 Å². The van der Waals surface area contributed by atoms with Gasteiger partial charge in [0.25, 0.3) is 0 Å². The molecule has 3 aromatic rings. The molecule has 0 saturated heterocycles. The Kier molecular flexibility index (Phi) is 3.79. The molecular weight excluding hydrogens is 300 g/mol. The van der Waals surface area contributed by atoms with Crippen molar-refractivity contribution < 1.29 is 9.53 Å². The second-order valence-electron chi connectivity index (χ2n) is 5.90. The summed E-state index contributed by atoms with van der Waals surface area (Å²) in [5, 5.41) is 4.05. The molecule has 0 spiro atoms. The quantitative estimate of drug-likeness (QED) is 0.724. The molecule has 2 N–H and O–H groups in total. The van der Waals surface area contributed by atoms with E-state index in [1.54, 1.807) is 6.08 Å². The summed E-state index contributed by atoms with van der Waals surface area (Å²) >= 11 is 0. The van der Waals surface area contributed by atoms with Crippen LogP contribution in [-0.2, 0) is 17.8 Å². The molecule has 0 bridgehead atoms. The van der Waals surface area contributed by atoms with Gasteiger partial charge >= 0.3 is 0 Å². The number of benzene rings is 2. The van der Waals surface area contributed by atoms with Gasteiger partial charge in [0.2, 0.25) is 5.91 Å². The highest BCUT2D eigenvalue weighted by Crippen LogP contribution is 2.26. The molecule has 0 aliphatic carbocycles. The van der Waals surface area contributed by atoms with E-state index in [2.05, 4.69) is 28.5 Å². The normalized spacial score (nSPS) is 13.2. The standard InChI is InChI=1S/C20H18N2O2/c23-20(8-6-14-5-7-19-16(11-14)9-10-24-19)21-13-17-12-15-3-1-2-4-18(15)22-17/h1-8,11-12,22H,9-10,13H2,(H,21,23). The molecule has 1 aliphatic heterocycles. The van der Waals surface area contributed by atoms with Gasteiger partial charge < -0.3 is 15.0 Å². The van der Waals surface area contributed by atoms with E-state index in [0.717, 1.165) is 40.9 Å². The smallest absolute Gasteiger partial charge is 0.244 e. The van der Waals surface area contributed by atoms with Crippen LogP contribution in [0.15, 0.2) is 54.6 Å². The Morgan fingerprint density at radius 2 is 2.12 bits per heavy atom. The Balaban J connectivity index is 1.37. The van der Waals surface area contributed by atoms with Crippen LogP contribution in [0.3, 0.4) is 0 Å². The van der Waals surface area contributed by atoms with E-state index >= 15 is 0 Å². The van der Waals surface area contributed by atoms with Crippen LogP contribution in [0.2, 0.25) is 0 Å². The summed E-state index contributed by atoms with van der Waals surface area (Å²) in [6.07, 6.45) is 4.34. The van der Waals surface area contributed by atoms with Crippen LogP contribution in [0.4, 0.5) is 0 Å². The molecule has 1 aliphatic rings. The number of rotatable bonds is 4. The van der Waals surface area contributed by atoms with E-state index in [1.165, 1.54) is 5.56 Å². The zero-order valence-electron chi connectivity index (χ0n) is 13.2. The Morgan fingerprint density at radius 1 is 1.21 bits per heavy atom. The number of hydrogen-bond acceptors (Lipinski definition) is 2. The van der Waals surface area contributed by atoms with Crippen LogP contribution in [0.1, 0.15) is 16.8 Å². The van der Waals surface area contributed by atoms with Crippen molar-refractivity contribution in [3.05, 3.63) is 71.4 Å². The van der Waals surface area contributed by atoms with Gasteiger partial charge in [0, 0.05) is 23.7 Å². The summed E-state index contributed by atoms with van der Waals surface area (Å²) in [6.45, 7) is 1.23. The summed E-state index contributed by atoms with van der Waals surface area (Å²) in [5.74, 6) is 0.848. The molecular formula is C20H18N2O2. The van der Waals surface area contributed by atoms with E-state index < -0.39 is 0 Å². The van der Waals surface area contributed by atoms with Crippen molar-refractivity contribution in [1.29, 1.82) is 0 Å². The van der Waals surface area contributed by atoms with Crippen molar-refractivity contribution >= 4 is 22.9 Å². The average Bonchev–Trinajstić information content (AvgIpc) is 3.23. The lowest BCUT2D eigenvalue weighted by molar-refractivity contribution is -0.116. The van der Waals surface area contributed by atoms with Gasteiger partial charge in [-0.1, -0.05) is 24.3 Å². The number of aromatic amines is 1. The molecule has 2 aromatic carbocycles. The van der Waals surface area contributed by atoms with E-state index in [4.69, 9.17) is 4.74 Å². The third kappa shape index (κ3) is 3.04. The van der Waals surface area contributed by atoms with E-state index in [0.29, 0.717) is 6.54 Å². The molecule has 1 aromatic heterocycles. The van der Waals surface area contributed by atoms with Crippen molar-refractivity contribution in [1.82, 2.24) is 10.3 Å². The summed E-state index contributed by atoms with van der Waals surface area (Å²) in [7, 11) is 0. The Bertz CT molecular complexity index is 891. The Labute approximate surface area is 140 Å². The van der Waals surface area contributed by atoms with Crippen molar-refractivity contribution in [2.24, 2.45) is 0 Å². The fraction of sp³-hybridized carbons (Fsp3) is 0.150. The number of amides is 1. The van der Waals surface area contributed by atoms with Gasteiger partial charge in [-0.15, -0.1) is 0 Å². The van der Waals surface area contributed by atoms with Gasteiger partial charge in [-0.2, -0.15) is 0 Å². The van der Waals surface area contributed by atoms with Crippen LogP contribution in [0, 0.1) is 0 Å². The number of H-pyrrole nitrogens is 1. The molecule has 2 heterocycles. The zero-order chi connectivity index (χ0) is 16.4. The second kappa shape index (κ2) is 6.24. The van der Waals surface area contributed by atoms with Gasteiger partial charge in [0.15, 0.2) is 0 Å². The highest BCUT2D eigenvalue weighted by atomic mass is 16.5. The predicted molar refractivity (Wildman–Crippen MR) is 94.8 cm³/mol. The fourth-order valence-corrected chi connectivity index (χ4v) is 2.95. The first-order valence-electron chi connectivity index (χ1n) is 8.06. The fourth-order valence-electron chi connectivity index (χ4n) is 2.95. The number of aromatic nitrogens is 1. The minimum absolute atomic E-state index is 0.106. The summed E-state index contributed by atoms with van der Waals surface area (Å²) in [6, 6.07) is 16.1. The van der Waals surface area contributed by atoms with Crippen molar-refractivity contribution in [2.45, 2.75) is 13.0 Å². The Hall–Kier alpha value is -3.01. The lowest BCUT2D eigenvalue weighted by Gasteiger charge is -2.01. The first kappa shape index (κ1) is 14.6. The van der Waals surface area contributed by atoms with Crippen LogP contribution in [-0.4, -0.2) is 17.5 Å². The number of ether oxygens (including phenoxy) is 1. The van der Waals surface area contributed by atoms with Crippen molar-refractivity contribution in [2.75, 3.05) is 6.61 Å². The maximum absolute atomic E-state index is 12.0. The minimum Gasteiger partial charge on any atom is -0.493 e. The average molecular weight is 318 g/mol. The Morgan fingerprint density at radius 3 is 3.04 bits per heavy atom. The molecule has 1 amide bonds. The van der Waals surface area contributed by atoms with Gasteiger partial charge in [0.1, 0.15) is 5.75 Å². The summed E-state index contributed by atoms with van der Waals surface area (Å²) in [5.41, 5.74) is 4.29. The van der Waals surface area contributed by atoms with Crippen LogP contribution < -0.4 is 10.1 Å². The van der Waals surface area contributed by atoms with Gasteiger partial charge in [-0.3, -0.25) is 4.79 Å². The lowest BCUT2D eigenvalue weighted by Crippen LogP contribution is -2.20. The van der Waals surface area contributed by atoms with E-state index in [1.807, 2.05) is 36.4 Å². The number of hydrogen-bond donors (Lipinski definition) is 2. The predicted octanol–water partition coefficient (Wildman–Crippen LogP) is 3.43. The van der Waals surface area contributed by atoms with Gasteiger partial charge in [-0.05, 0) is 46.9 Å². The molecule has 0 atom stereocenters. The van der Waals surface area contributed by atoms with Crippen LogP contribution >= 0.6 is 0 Å². The molecule has 120 valence electrons. The van der Waals surface area contributed by atoms with Crippen molar-refractivity contribution in [3.8, 4) is 5.75 Å². The molecule has 0 saturated carbocycles. The van der Waals surface area contributed by atoms with E-state index in [9.17, 15) is 4.79 Å². The first-order chi connectivity index (χ1) is 11.8. The van der Waals surface area contributed by atoms with E-state index in [-0.39, 0.29) is 5.91 Å². The number of fused-ring (bicyclic) bond motifs is 2. The molecule has 4 rings (SSSR count). The SMILES string of the molecule is O=C(C=Cc1ccc2c(c1)CCO2)NCc1cc2ccccc2[nH]1. The van der Waals surface area contributed by atoms with Crippen LogP contribution in [0.25, 0.3) is 17.0 Å². The molecule has 0 unspecified atom stereocenters. The topological polar surface area (TPSA) is 54.1 Å². The second-order valence-corrected chi connectivity index (χ2v) is 5.90. The molecule has 4 heteroatoms. The molecule has 0 radical (unpaired) electrons. The molecule has 0 fully saturated rings. The first-order valence-corrected chi connectivity index (χ1v) is 8.06. The minimum atomic E-state index is -0.106. The maximum Gasteiger partial charge on any atom is 0.244 e. The van der Waals surface area contributed by atoms with Crippen molar-refractivity contribution in [3.63, 3.8) is 0 Å². The highest BCUT2D eigenvalue weighted by Gasteiger charge is 2.11. The molecule has 24 heavy (non-hydrogen) atoms. The van der Waals surface area contributed by atoms with Crippen LogP contribution in [0.5, 0.6) is 5.75 Å². The molecule has 4 nitrogen and oxygen atoms in total. The van der Waals surface area contributed by atoms with Gasteiger partial charge in [0.05, 0.1) is 13.2 Å². The zero-order valence-corrected chi connectivity index (χ0v) is 13.2. The largest absolute Gasteiger partial charge is 0.493 e. The number of carbonyl (C=O) groups excluding carboxylic acids is 1. The third-order valence-corrected chi connectivity index (χ3v) is 4.18. The maximum atomic E-state index is 12.0.